The van der Waals surface area contributed by atoms with Crippen LogP contribution in [0, 0.1) is 6.92 Å². The van der Waals surface area contributed by atoms with Gasteiger partial charge in [-0.15, -0.1) is 0 Å². The Morgan fingerprint density at radius 1 is 0.948 bits per heavy atom. The molecular weight excluding hydrogens is 770 g/mol. The van der Waals surface area contributed by atoms with Crippen LogP contribution >= 0.6 is 0 Å². The van der Waals surface area contributed by atoms with Crippen LogP contribution in [-0.2, 0) is 30.2 Å². The Balaban J connectivity index is 0.000000226. The number of nitrogens with one attached hydrogen (secondary N) is 1. The normalized spacial score (nSPS) is 25.6. The molecule has 3 fully saturated rings. The number of aliphatic carboxylic acids is 1. The molecule has 7 unspecified atom stereocenters. The number of carboxylic acid groups (broad SMARTS) is 1. The van der Waals surface area contributed by atoms with E-state index < -0.39 is 66.6 Å². The number of alkyl halides is 4. The summed E-state index contributed by atoms with van der Waals surface area (Å²) in [5.74, 6) is -7.03. The van der Waals surface area contributed by atoms with E-state index in [9.17, 15) is 32.3 Å². The molecule has 2 aromatic carbocycles. The number of halogens is 4. The summed E-state index contributed by atoms with van der Waals surface area (Å²) in [7, 11) is 2.58. The summed E-state index contributed by atoms with van der Waals surface area (Å²) in [6.07, 6.45) is 1.09. The van der Waals surface area contributed by atoms with Crippen molar-refractivity contribution in [2.75, 3.05) is 20.8 Å². The number of aromatic nitrogens is 2. The fourth-order valence-electron chi connectivity index (χ4n) is 7.13. The number of carbonyl (C=O) groups is 2. The Labute approximate surface area is 333 Å². The third kappa shape index (κ3) is 10.1. The van der Waals surface area contributed by atoms with Gasteiger partial charge in [0.05, 0.1) is 29.5 Å². The van der Waals surface area contributed by atoms with Gasteiger partial charge >= 0.3 is 17.8 Å². The van der Waals surface area contributed by atoms with Crippen molar-refractivity contribution >= 4 is 22.9 Å². The van der Waals surface area contributed by atoms with Gasteiger partial charge in [-0.1, -0.05) is 49.1 Å². The molecule has 4 aromatic rings. The molecule has 58 heavy (non-hydrogen) atoms. The number of aliphatic hydroxyl groups excluding tert-OH is 2. The van der Waals surface area contributed by atoms with Gasteiger partial charge in [0, 0.05) is 32.2 Å². The van der Waals surface area contributed by atoms with E-state index >= 15 is 0 Å². The maximum atomic E-state index is 13.0. The number of amides is 1. The summed E-state index contributed by atoms with van der Waals surface area (Å²) in [6.45, 7) is 4.39. The molecule has 13 nitrogen and oxygen atoms in total. The molecule has 3 aliphatic rings. The molecular formula is C41H51F4N3O10. The van der Waals surface area contributed by atoms with E-state index in [1.54, 1.807) is 24.7 Å². The van der Waals surface area contributed by atoms with E-state index in [1.807, 2.05) is 43.3 Å². The average Bonchev–Trinajstić information content (AvgIpc) is 3.96. The van der Waals surface area contributed by atoms with Gasteiger partial charge in [0.1, 0.15) is 42.5 Å². The van der Waals surface area contributed by atoms with Crippen molar-refractivity contribution in [1.82, 2.24) is 14.9 Å². The minimum Gasteiger partial charge on any atom is -0.480 e. The lowest BCUT2D eigenvalue weighted by Gasteiger charge is -2.25. The van der Waals surface area contributed by atoms with Crippen LogP contribution in [0.4, 0.5) is 17.6 Å². The van der Waals surface area contributed by atoms with E-state index in [4.69, 9.17) is 24.4 Å². The standard InChI is InChI=1S/C28H29N3O4.C7H12F2O3.C6H10F2O3/c1-18-7-9-19(10-8-18)15-24(28(33)34)30-27(32)20-11-12-25-23(16-20)29-26(21-13-14-35-17-21)31(25)22-5-3-2-4-6-22;1-4-7(8,9)6(10)5(12-4)3-11-2;1-3-6(7,8)4(9)5(10-2)11-3/h7-14,16-17,22,24H,2-6,15H2,1H3,(H,30,32)(H,33,34);4-6,10H,3H2,1-2H3;3-5,9H,1-2H3. The first-order valence-corrected chi connectivity index (χ1v) is 19.1. The number of ether oxygens (including phenoxy) is 4. The number of hydrogen-bond donors (Lipinski definition) is 4. The fourth-order valence-corrected chi connectivity index (χ4v) is 7.13. The van der Waals surface area contributed by atoms with Crippen molar-refractivity contribution < 1.29 is 65.8 Å². The highest BCUT2D eigenvalue weighted by atomic mass is 19.3. The number of carboxylic acids is 1. The number of imidazole rings is 1. The Bertz CT molecular complexity index is 1950. The second-order valence-corrected chi connectivity index (χ2v) is 14.8. The molecule has 2 aliphatic heterocycles. The first-order valence-electron chi connectivity index (χ1n) is 19.1. The van der Waals surface area contributed by atoms with Crippen LogP contribution in [0.5, 0.6) is 0 Å². The first kappa shape index (κ1) is 44.7. The number of furan rings is 1. The number of nitrogens with zero attached hydrogens (tertiary/aromatic N) is 2. The van der Waals surface area contributed by atoms with Crippen LogP contribution in [0.25, 0.3) is 22.4 Å². The van der Waals surface area contributed by atoms with Crippen molar-refractivity contribution in [1.29, 1.82) is 0 Å². The molecule has 1 saturated carbocycles. The van der Waals surface area contributed by atoms with Crippen LogP contribution in [0.2, 0.25) is 0 Å². The maximum absolute atomic E-state index is 13.0. The van der Waals surface area contributed by atoms with Crippen LogP contribution in [0.15, 0.2) is 65.5 Å². The fraction of sp³-hybridized carbons (Fsp3) is 0.537. The van der Waals surface area contributed by atoms with E-state index in [1.165, 1.54) is 47.3 Å². The van der Waals surface area contributed by atoms with Crippen molar-refractivity contribution in [2.45, 2.75) is 120 Å². The highest BCUT2D eigenvalue weighted by molar-refractivity contribution is 5.99. The van der Waals surface area contributed by atoms with Gasteiger partial charge in [-0.2, -0.15) is 0 Å². The number of rotatable bonds is 10. The van der Waals surface area contributed by atoms with E-state index in [0.29, 0.717) is 17.1 Å². The number of fused-ring (bicyclic) bond motifs is 1. The van der Waals surface area contributed by atoms with Gasteiger partial charge in [-0.05, 0) is 63.4 Å². The van der Waals surface area contributed by atoms with Crippen molar-refractivity contribution in [2.24, 2.45) is 0 Å². The number of methoxy groups -OCH3 is 2. The van der Waals surface area contributed by atoms with E-state index in [-0.39, 0.29) is 13.0 Å². The Hall–Kier alpha value is -4.39. The van der Waals surface area contributed by atoms with E-state index in [2.05, 4.69) is 24.1 Å². The number of benzene rings is 2. The van der Waals surface area contributed by atoms with Gasteiger partial charge in [-0.25, -0.2) is 27.3 Å². The van der Waals surface area contributed by atoms with Gasteiger partial charge in [0.15, 0.2) is 12.4 Å². The minimum atomic E-state index is -3.21. The summed E-state index contributed by atoms with van der Waals surface area (Å²) >= 11 is 0. The van der Waals surface area contributed by atoms with Crippen LogP contribution in [-0.4, -0.2) is 112 Å². The van der Waals surface area contributed by atoms with Gasteiger partial charge in [0.25, 0.3) is 5.91 Å². The first-order chi connectivity index (χ1) is 27.5. The number of hydrogen-bond acceptors (Lipinski definition) is 10. The lowest BCUT2D eigenvalue weighted by molar-refractivity contribution is -0.149. The molecule has 318 valence electrons. The number of aryl methyl sites for hydroxylation is 1. The quantitative estimate of drug-likeness (QED) is 0.132. The van der Waals surface area contributed by atoms with Crippen LogP contribution in [0.3, 0.4) is 0 Å². The zero-order chi connectivity index (χ0) is 42.4. The summed E-state index contributed by atoms with van der Waals surface area (Å²) in [5, 5.41) is 30.3. The van der Waals surface area contributed by atoms with Crippen LogP contribution in [0.1, 0.15) is 73.5 Å². The molecule has 7 rings (SSSR count). The second-order valence-electron chi connectivity index (χ2n) is 14.8. The van der Waals surface area contributed by atoms with Crippen LogP contribution < -0.4 is 5.32 Å². The third-order valence-corrected chi connectivity index (χ3v) is 10.6. The summed E-state index contributed by atoms with van der Waals surface area (Å²) in [4.78, 5) is 29.8. The highest BCUT2D eigenvalue weighted by Gasteiger charge is 2.57. The molecule has 2 aromatic heterocycles. The summed E-state index contributed by atoms with van der Waals surface area (Å²) < 4.78 is 77.3. The molecule has 2 saturated heterocycles. The predicted octanol–water partition coefficient (Wildman–Crippen LogP) is 6.33. The topological polar surface area (TPSA) is 175 Å². The molecule has 17 heteroatoms. The van der Waals surface area contributed by atoms with Gasteiger partial charge in [0.2, 0.25) is 0 Å². The summed E-state index contributed by atoms with van der Waals surface area (Å²) in [5.41, 5.74) is 4.93. The summed E-state index contributed by atoms with van der Waals surface area (Å²) in [6, 6.07) is 14.3. The molecule has 1 amide bonds. The van der Waals surface area contributed by atoms with Crippen molar-refractivity contribution in [3.05, 3.63) is 77.7 Å². The Morgan fingerprint density at radius 2 is 1.60 bits per heavy atom. The molecule has 0 spiro atoms. The second kappa shape index (κ2) is 19.1. The predicted molar refractivity (Wildman–Crippen MR) is 203 cm³/mol. The smallest absolute Gasteiger partial charge is 0.326 e. The lowest BCUT2D eigenvalue weighted by atomic mass is 9.95. The van der Waals surface area contributed by atoms with E-state index in [0.717, 1.165) is 40.9 Å². The third-order valence-electron chi connectivity index (χ3n) is 10.6. The molecule has 0 bridgehead atoms. The molecule has 1 aliphatic carbocycles. The van der Waals surface area contributed by atoms with Gasteiger partial charge in [-0.3, -0.25) is 4.79 Å². The number of aliphatic hydroxyl groups is 2. The zero-order valence-corrected chi connectivity index (χ0v) is 32.9. The Morgan fingerprint density at radius 3 is 2.12 bits per heavy atom. The largest absolute Gasteiger partial charge is 0.480 e. The Kier molecular flexibility index (Phi) is 14.7. The zero-order valence-electron chi connectivity index (χ0n) is 32.9. The number of carbonyl (C=O) groups excluding carboxylic acids is 1. The minimum absolute atomic E-state index is 0.0128. The monoisotopic (exact) mass is 821 g/mol. The molecule has 0 radical (unpaired) electrons. The van der Waals surface area contributed by atoms with Gasteiger partial charge < -0.3 is 48.6 Å². The highest BCUT2D eigenvalue weighted by Crippen LogP contribution is 2.38. The lowest BCUT2D eigenvalue weighted by Crippen LogP contribution is -2.42. The molecule has 4 heterocycles. The van der Waals surface area contributed by atoms with Crippen molar-refractivity contribution in [3.63, 3.8) is 0 Å². The molecule has 7 atom stereocenters. The maximum Gasteiger partial charge on any atom is 0.326 e. The molecule has 4 N–H and O–H groups in total. The SMILES string of the molecule is COC1OC(C)C(F)(F)C1O.COCC1OC(C)C(F)(F)C1O.Cc1ccc(CC(NC(=O)c2ccc3c(c2)nc(-c2ccoc2)n3C2CCCCC2)C(=O)O)cc1. The van der Waals surface area contributed by atoms with Crippen molar-refractivity contribution in [3.8, 4) is 11.4 Å². The average molecular weight is 822 g/mol.